The van der Waals surface area contributed by atoms with E-state index in [1.165, 1.54) is 16.6 Å². The van der Waals surface area contributed by atoms with E-state index in [9.17, 15) is 0 Å². The third-order valence-electron chi connectivity index (χ3n) is 2.38. The molecule has 0 aliphatic rings. The summed E-state index contributed by atoms with van der Waals surface area (Å²) < 4.78 is 0. The second-order valence-corrected chi connectivity index (χ2v) is 3.70. The van der Waals surface area contributed by atoms with Crippen molar-refractivity contribution in [2.75, 3.05) is 19.0 Å². The maximum Gasteiger partial charge on any atom is 0.0723 e. The number of aromatic nitrogens is 1. The van der Waals surface area contributed by atoms with Gasteiger partial charge in [-0.15, -0.1) is 0 Å². The minimum atomic E-state index is 1.06. The Balaban J connectivity index is 2.83. The molecule has 0 spiro atoms. The summed E-state index contributed by atoms with van der Waals surface area (Å²) >= 11 is 0. The Hall–Kier alpha value is -1.57. The van der Waals surface area contributed by atoms with Gasteiger partial charge in [0.2, 0.25) is 0 Å². The van der Waals surface area contributed by atoms with Gasteiger partial charge in [-0.2, -0.15) is 0 Å². The van der Waals surface area contributed by atoms with Gasteiger partial charge >= 0.3 is 0 Å². The highest BCUT2D eigenvalue weighted by Gasteiger charge is 2.06. The maximum atomic E-state index is 4.40. The summed E-state index contributed by atoms with van der Waals surface area (Å²) in [5.74, 6) is 0. The average Bonchev–Trinajstić information content (AvgIpc) is 2.17. The predicted molar refractivity (Wildman–Crippen MR) is 60.8 cm³/mol. The van der Waals surface area contributed by atoms with Gasteiger partial charge in [-0.3, -0.25) is 4.98 Å². The fourth-order valence-electron chi connectivity index (χ4n) is 1.82. The van der Waals surface area contributed by atoms with E-state index in [0.717, 1.165) is 5.52 Å². The molecular weight excluding hydrogens is 172 g/mol. The summed E-state index contributed by atoms with van der Waals surface area (Å²) in [5, 5.41) is 1.22. The highest BCUT2D eigenvalue weighted by atomic mass is 15.1. The first-order chi connectivity index (χ1) is 6.70. The van der Waals surface area contributed by atoms with Crippen LogP contribution in [0.25, 0.3) is 10.9 Å². The third kappa shape index (κ3) is 1.33. The van der Waals surface area contributed by atoms with Gasteiger partial charge in [-0.05, 0) is 18.6 Å². The largest absolute Gasteiger partial charge is 0.377 e. The summed E-state index contributed by atoms with van der Waals surface area (Å²) in [5.41, 5.74) is 3.53. The molecular formula is C12H14N2. The highest BCUT2D eigenvalue weighted by Crippen LogP contribution is 2.26. The molecule has 0 saturated carbocycles. The Kier molecular flexibility index (Phi) is 2.12. The van der Waals surface area contributed by atoms with Crippen molar-refractivity contribution in [1.29, 1.82) is 0 Å². The van der Waals surface area contributed by atoms with Gasteiger partial charge in [0.15, 0.2) is 0 Å². The van der Waals surface area contributed by atoms with Crippen LogP contribution in [0.5, 0.6) is 0 Å². The molecule has 0 radical (unpaired) electrons. The summed E-state index contributed by atoms with van der Waals surface area (Å²) in [4.78, 5) is 6.54. The van der Waals surface area contributed by atoms with Crippen LogP contribution in [-0.2, 0) is 0 Å². The molecule has 14 heavy (non-hydrogen) atoms. The minimum absolute atomic E-state index is 1.06. The van der Waals surface area contributed by atoms with Crippen molar-refractivity contribution in [3.05, 3.63) is 36.0 Å². The molecule has 0 amide bonds. The Bertz CT molecular complexity index is 461. The van der Waals surface area contributed by atoms with Crippen LogP contribution >= 0.6 is 0 Å². The number of hydrogen-bond donors (Lipinski definition) is 0. The molecule has 0 unspecified atom stereocenters. The van der Waals surface area contributed by atoms with Gasteiger partial charge in [0.05, 0.1) is 11.2 Å². The predicted octanol–water partition coefficient (Wildman–Crippen LogP) is 2.61. The molecule has 0 N–H and O–H groups in total. The quantitative estimate of drug-likeness (QED) is 0.680. The van der Waals surface area contributed by atoms with Crippen LogP contribution < -0.4 is 4.90 Å². The van der Waals surface area contributed by atoms with Crippen LogP contribution in [-0.4, -0.2) is 19.1 Å². The van der Waals surface area contributed by atoms with Crippen LogP contribution in [0.4, 0.5) is 5.69 Å². The lowest BCUT2D eigenvalue weighted by Gasteiger charge is -2.17. The monoisotopic (exact) mass is 186 g/mol. The Labute approximate surface area is 84.2 Å². The zero-order chi connectivity index (χ0) is 10.1. The smallest absolute Gasteiger partial charge is 0.0723 e. The normalized spacial score (nSPS) is 10.5. The Morgan fingerprint density at radius 3 is 2.57 bits per heavy atom. The number of aryl methyl sites for hydroxylation is 1. The minimum Gasteiger partial charge on any atom is -0.377 e. The summed E-state index contributed by atoms with van der Waals surface area (Å²) in [6.45, 7) is 2.09. The molecule has 2 heteroatoms. The lowest BCUT2D eigenvalue weighted by atomic mass is 10.1. The molecule has 0 fully saturated rings. The highest BCUT2D eigenvalue weighted by molar-refractivity contribution is 5.92. The lowest BCUT2D eigenvalue weighted by molar-refractivity contribution is 1.12. The SMILES string of the molecule is Cc1cnc2ccccc2c1N(C)C. The summed E-state index contributed by atoms with van der Waals surface area (Å²) in [6.07, 6.45) is 1.93. The van der Waals surface area contributed by atoms with E-state index < -0.39 is 0 Å². The van der Waals surface area contributed by atoms with Crippen LogP contribution in [0, 0.1) is 6.92 Å². The lowest BCUT2D eigenvalue weighted by Crippen LogP contribution is -2.11. The van der Waals surface area contributed by atoms with Gasteiger partial charge in [0.1, 0.15) is 0 Å². The molecule has 0 aliphatic heterocycles. The first-order valence-electron chi connectivity index (χ1n) is 4.72. The number of nitrogens with zero attached hydrogens (tertiary/aromatic N) is 2. The van der Waals surface area contributed by atoms with Crippen molar-refractivity contribution in [2.24, 2.45) is 0 Å². The molecule has 72 valence electrons. The number of rotatable bonds is 1. The molecule has 0 aliphatic carbocycles. The first kappa shape index (κ1) is 9.00. The number of pyridine rings is 1. The second-order valence-electron chi connectivity index (χ2n) is 3.70. The molecule has 2 rings (SSSR count). The first-order valence-corrected chi connectivity index (χ1v) is 4.72. The van der Waals surface area contributed by atoms with Gasteiger partial charge in [-0.25, -0.2) is 0 Å². The Morgan fingerprint density at radius 1 is 1.14 bits per heavy atom. The van der Waals surface area contributed by atoms with E-state index >= 15 is 0 Å². The fourth-order valence-corrected chi connectivity index (χ4v) is 1.82. The molecule has 2 nitrogen and oxygen atoms in total. The molecule has 1 aromatic heterocycles. The van der Waals surface area contributed by atoms with Crippen LogP contribution in [0.2, 0.25) is 0 Å². The van der Waals surface area contributed by atoms with Gasteiger partial charge in [0.25, 0.3) is 0 Å². The van der Waals surface area contributed by atoms with E-state index in [4.69, 9.17) is 0 Å². The molecule has 0 bridgehead atoms. The van der Waals surface area contributed by atoms with Gasteiger partial charge in [-0.1, -0.05) is 18.2 Å². The third-order valence-corrected chi connectivity index (χ3v) is 2.38. The van der Waals surface area contributed by atoms with E-state index in [-0.39, 0.29) is 0 Å². The van der Waals surface area contributed by atoms with Crippen molar-refractivity contribution in [3.8, 4) is 0 Å². The Morgan fingerprint density at radius 2 is 1.86 bits per heavy atom. The zero-order valence-electron chi connectivity index (χ0n) is 8.78. The standard InChI is InChI=1S/C12H14N2/c1-9-8-13-11-7-5-4-6-10(11)12(9)14(2)3/h4-8H,1-3H3. The van der Waals surface area contributed by atoms with Crippen LogP contribution in [0.3, 0.4) is 0 Å². The molecule has 2 aromatic rings. The van der Waals surface area contributed by atoms with Crippen LogP contribution in [0.1, 0.15) is 5.56 Å². The van der Waals surface area contributed by atoms with E-state index in [1.807, 2.05) is 18.3 Å². The molecule has 0 atom stereocenters. The van der Waals surface area contributed by atoms with Crippen molar-refractivity contribution >= 4 is 16.6 Å². The van der Waals surface area contributed by atoms with Crippen molar-refractivity contribution in [2.45, 2.75) is 6.92 Å². The van der Waals surface area contributed by atoms with Crippen LogP contribution in [0.15, 0.2) is 30.5 Å². The molecule has 1 heterocycles. The maximum absolute atomic E-state index is 4.40. The molecule has 0 saturated heterocycles. The number of benzene rings is 1. The van der Waals surface area contributed by atoms with E-state index in [0.29, 0.717) is 0 Å². The van der Waals surface area contributed by atoms with Crippen molar-refractivity contribution in [3.63, 3.8) is 0 Å². The average molecular weight is 186 g/mol. The number of fused-ring (bicyclic) bond motifs is 1. The van der Waals surface area contributed by atoms with Gasteiger partial charge < -0.3 is 4.90 Å². The fraction of sp³-hybridized carbons (Fsp3) is 0.250. The van der Waals surface area contributed by atoms with E-state index in [2.05, 4.69) is 43.0 Å². The van der Waals surface area contributed by atoms with Crippen molar-refractivity contribution in [1.82, 2.24) is 4.98 Å². The summed E-state index contributed by atoms with van der Waals surface area (Å²) in [6, 6.07) is 8.23. The van der Waals surface area contributed by atoms with Gasteiger partial charge in [0, 0.05) is 25.7 Å². The second kappa shape index (κ2) is 3.29. The number of anilines is 1. The summed E-state index contributed by atoms with van der Waals surface area (Å²) in [7, 11) is 4.13. The number of para-hydroxylation sites is 1. The zero-order valence-corrected chi connectivity index (χ0v) is 8.78. The topological polar surface area (TPSA) is 16.1 Å². The van der Waals surface area contributed by atoms with E-state index in [1.54, 1.807) is 0 Å². The molecule has 1 aromatic carbocycles. The number of hydrogen-bond acceptors (Lipinski definition) is 2. The van der Waals surface area contributed by atoms with Crippen molar-refractivity contribution < 1.29 is 0 Å².